The van der Waals surface area contributed by atoms with Crippen molar-refractivity contribution in [1.29, 1.82) is 0 Å². The summed E-state index contributed by atoms with van der Waals surface area (Å²) in [4.78, 5) is 28.4. The zero-order valence-electron chi connectivity index (χ0n) is 14.7. The highest BCUT2D eigenvalue weighted by Crippen LogP contribution is 2.20. The smallest absolute Gasteiger partial charge is 0.238 e. The number of carbonyl (C=O) groups excluding carboxylic acids is 2. The minimum absolute atomic E-state index is 0.0163. The molecule has 7 heteroatoms. The summed E-state index contributed by atoms with van der Waals surface area (Å²) >= 11 is 6.08. The lowest BCUT2D eigenvalue weighted by atomic mass is 10.2. The van der Waals surface area contributed by atoms with Gasteiger partial charge in [0.05, 0.1) is 19.4 Å². The van der Waals surface area contributed by atoms with E-state index >= 15 is 0 Å². The van der Waals surface area contributed by atoms with Crippen LogP contribution in [0.1, 0.15) is 16.1 Å². The number of halogens is 1. The van der Waals surface area contributed by atoms with Gasteiger partial charge >= 0.3 is 0 Å². The van der Waals surface area contributed by atoms with E-state index < -0.39 is 0 Å². The molecule has 3 rings (SSSR count). The number of carbonyl (C=O) groups is 2. The maximum atomic E-state index is 12.2. The Morgan fingerprint density at radius 1 is 1.12 bits per heavy atom. The molecule has 138 valence electrons. The van der Waals surface area contributed by atoms with Crippen LogP contribution in [0.15, 0.2) is 41.0 Å². The second kappa shape index (κ2) is 8.49. The zero-order chi connectivity index (χ0) is 18.5. The van der Waals surface area contributed by atoms with Gasteiger partial charge in [-0.2, -0.15) is 0 Å². The number of rotatable bonds is 6. The number of hydrogen-bond donors (Lipinski definition) is 1. The van der Waals surface area contributed by atoms with Crippen LogP contribution in [-0.4, -0.2) is 60.8 Å². The van der Waals surface area contributed by atoms with Gasteiger partial charge in [-0.05, 0) is 36.8 Å². The highest BCUT2D eigenvalue weighted by atomic mass is 35.5. The first-order valence-corrected chi connectivity index (χ1v) is 8.96. The fourth-order valence-electron chi connectivity index (χ4n) is 2.90. The number of ketones is 1. The second-order valence-corrected chi connectivity index (χ2v) is 6.87. The van der Waals surface area contributed by atoms with Crippen LogP contribution in [0.3, 0.4) is 0 Å². The maximum absolute atomic E-state index is 12.2. The quantitative estimate of drug-likeness (QED) is 0.786. The van der Waals surface area contributed by atoms with Crippen molar-refractivity contribution in [1.82, 2.24) is 9.80 Å². The number of Topliss-reactive ketones (excluding diaryl/α,β-unsaturated/α-hetero) is 1. The van der Waals surface area contributed by atoms with Gasteiger partial charge in [-0.15, -0.1) is 0 Å². The lowest BCUT2D eigenvalue weighted by molar-refractivity contribution is -0.117. The van der Waals surface area contributed by atoms with E-state index in [-0.39, 0.29) is 11.7 Å². The largest absolute Gasteiger partial charge is 0.461 e. The fourth-order valence-corrected chi connectivity index (χ4v) is 3.08. The van der Waals surface area contributed by atoms with Gasteiger partial charge in [0, 0.05) is 36.9 Å². The van der Waals surface area contributed by atoms with E-state index in [2.05, 4.69) is 15.1 Å². The second-order valence-electron chi connectivity index (χ2n) is 6.46. The SMILES string of the molecule is Cc1ccc(NC(=O)CN2CCN(CC(=O)c3ccco3)CC2)cc1Cl. The Bertz CT molecular complexity index is 768. The number of nitrogens with zero attached hydrogens (tertiary/aromatic N) is 2. The van der Waals surface area contributed by atoms with Crippen molar-refractivity contribution in [3.8, 4) is 0 Å². The molecule has 0 spiro atoms. The van der Waals surface area contributed by atoms with E-state index in [4.69, 9.17) is 16.0 Å². The molecule has 1 aromatic carbocycles. The molecule has 1 aliphatic heterocycles. The van der Waals surface area contributed by atoms with Crippen LogP contribution in [0.5, 0.6) is 0 Å². The standard InChI is InChI=1S/C19H22ClN3O3/c1-14-4-5-15(11-16(14)20)21-19(25)13-23-8-6-22(7-9-23)12-17(24)18-3-2-10-26-18/h2-5,10-11H,6-9,12-13H2,1H3,(H,21,25). The van der Waals surface area contributed by atoms with Crippen LogP contribution in [0.2, 0.25) is 5.02 Å². The van der Waals surface area contributed by atoms with Gasteiger partial charge in [-0.3, -0.25) is 19.4 Å². The highest BCUT2D eigenvalue weighted by Gasteiger charge is 2.21. The lowest BCUT2D eigenvalue weighted by Gasteiger charge is -2.33. The molecule has 0 aliphatic carbocycles. The molecule has 1 aliphatic rings. The molecular weight excluding hydrogens is 354 g/mol. The molecule has 1 amide bonds. The monoisotopic (exact) mass is 375 g/mol. The van der Waals surface area contributed by atoms with Crippen LogP contribution in [0.25, 0.3) is 0 Å². The normalized spacial score (nSPS) is 15.8. The summed E-state index contributed by atoms with van der Waals surface area (Å²) in [6.07, 6.45) is 1.50. The van der Waals surface area contributed by atoms with Gasteiger partial charge in [0.25, 0.3) is 0 Å². The molecule has 1 aromatic heterocycles. The van der Waals surface area contributed by atoms with E-state index in [1.54, 1.807) is 18.2 Å². The molecule has 0 saturated carbocycles. The van der Waals surface area contributed by atoms with E-state index in [1.165, 1.54) is 6.26 Å². The first-order chi connectivity index (χ1) is 12.5. The predicted molar refractivity (Wildman–Crippen MR) is 101 cm³/mol. The van der Waals surface area contributed by atoms with Crippen LogP contribution in [0.4, 0.5) is 5.69 Å². The first-order valence-electron chi connectivity index (χ1n) is 8.58. The summed E-state index contributed by atoms with van der Waals surface area (Å²) in [5.41, 5.74) is 1.68. The van der Waals surface area contributed by atoms with Gasteiger partial charge in [-0.25, -0.2) is 0 Å². The average molecular weight is 376 g/mol. The van der Waals surface area contributed by atoms with E-state index in [0.717, 1.165) is 31.7 Å². The van der Waals surface area contributed by atoms with Crippen molar-refractivity contribution in [3.63, 3.8) is 0 Å². The topological polar surface area (TPSA) is 65.8 Å². The maximum Gasteiger partial charge on any atom is 0.238 e. The Morgan fingerprint density at radius 2 is 1.81 bits per heavy atom. The highest BCUT2D eigenvalue weighted by molar-refractivity contribution is 6.31. The molecule has 2 aromatic rings. The summed E-state index contributed by atoms with van der Waals surface area (Å²) in [6, 6.07) is 8.88. The molecule has 2 heterocycles. The van der Waals surface area contributed by atoms with Crippen molar-refractivity contribution in [2.45, 2.75) is 6.92 Å². The molecule has 1 saturated heterocycles. The minimum Gasteiger partial charge on any atom is -0.461 e. The number of amides is 1. The van der Waals surface area contributed by atoms with Crippen molar-refractivity contribution in [3.05, 3.63) is 52.9 Å². The summed E-state index contributed by atoms with van der Waals surface area (Å²) < 4.78 is 5.13. The molecule has 0 radical (unpaired) electrons. The van der Waals surface area contributed by atoms with Crippen LogP contribution in [-0.2, 0) is 4.79 Å². The van der Waals surface area contributed by atoms with Crippen molar-refractivity contribution >= 4 is 29.0 Å². The molecule has 0 unspecified atom stereocenters. The van der Waals surface area contributed by atoms with E-state index in [0.29, 0.717) is 29.6 Å². The molecule has 0 atom stereocenters. The number of hydrogen-bond acceptors (Lipinski definition) is 5. The van der Waals surface area contributed by atoms with Crippen molar-refractivity contribution in [2.75, 3.05) is 44.6 Å². The average Bonchev–Trinajstić information content (AvgIpc) is 3.15. The molecule has 1 fully saturated rings. The van der Waals surface area contributed by atoms with Crippen molar-refractivity contribution < 1.29 is 14.0 Å². The molecule has 6 nitrogen and oxygen atoms in total. The van der Waals surface area contributed by atoms with Crippen molar-refractivity contribution in [2.24, 2.45) is 0 Å². The molecule has 26 heavy (non-hydrogen) atoms. The van der Waals surface area contributed by atoms with Gasteiger partial charge in [0.15, 0.2) is 5.76 Å². The van der Waals surface area contributed by atoms with Crippen LogP contribution < -0.4 is 5.32 Å². The molecular formula is C19H22ClN3O3. The molecule has 0 bridgehead atoms. The van der Waals surface area contributed by atoms with Gasteiger partial charge in [-0.1, -0.05) is 17.7 Å². The Balaban J connectivity index is 1.42. The summed E-state index contributed by atoms with van der Waals surface area (Å²) in [7, 11) is 0. The van der Waals surface area contributed by atoms with Gasteiger partial charge < -0.3 is 9.73 Å². The van der Waals surface area contributed by atoms with Crippen LogP contribution in [0, 0.1) is 6.92 Å². The third kappa shape index (κ3) is 4.94. The minimum atomic E-state index is -0.0648. The Hall–Kier alpha value is -2.15. The van der Waals surface area contributed by atoms with Gasteiger partial charge in [0.2, 0.25) is 11.7 Å². The summed E-state index contributed by atoms with van der Waals surface area (Å²) in [6.45, 7) is 5.57. The van der Waals surface area contributed by atoms with Crippen LogP contribution >= 0.6 is 11.6 Å². The number of aryl methyl sites for hydroxylation is 1. The summed E-state index contributed by atoms with van der Waals surface area (Å²) in [5.74, 6) is 0.311. The lowest BCUT2D eigenvalue weighted by Crippen LogP contribution is -2.49. The third-order valence-electron chi connectivity index (χ3n) is 4.45. The van der Waals surface area contributed by atoms with E-state index in [1.807, 2.05) is 19.1 Å². The zero-order valence-corrected chi connectivity index (χ0v) is 15.5. The predicted octanol–water partition coefficient (Wildman–Crippen LogP) is 2.68. The number of nitrogens with one attached hydrogen (secondary N) is 1. The Morgan fingerprint density at radius 3 is 2.42 bits per heavy atom. The molecule has 1 N–H and O–H groups in total. The number of piperazine rings is 1. The number of furan rings is 1. The Kier molecular flexibility index (Phi) is 6.08. The number of anilines is 1. The van der Waals surface area contributed by atoms with Gasteiger partial charge in [0.1, 0.15) is 0 Å². The third-order valence-corrected chi connectivity index (χ3v) is 4.86. The van der Waals surface area contributed by atoms with E-state index in [9.17, 15) is 9.59 Å². The Labute approximate surface area is 157 Å². The first kappa shape index (κ1) is 18.6. The summed E-state index contributed by atoms with van der Waals surface area (Å²) in [5, 5.41) is 3.51. The fraction of sp³-hybridized carbons (Fsp3) is 0.368. The number of benzene rings is 1.